The zero-order chi connectivity index (χ0) is 19.4. The third-order valence-corrected chi connectivity index (χ3v) is 5.18. The Bertz CT molecular complexity index is 901. The Morgan fingerprint density at radius 3 is 2.30 bits per heavy atom. The Morgan fingerprint density at radius 1 is 1.04 bits per heavy atom. The Morgan fingerprint density at radius 2 is 1.70 bits per heavy atom. The Hall–Kier alpha value is -2.18. The second-order valence-corrected chi connectivity index (χ2v) is 7.22. The van der Waals surface area contributed by atoms with Gasteiger partial charge in [0, 0.05) is 11.1 Å². The number of rotatable bonds is 5. The van der Waals surface area contributed by atoms with Gasteiger partial charge in [0.05, 0.1) is 10.6 Å². The van der Waals surface area contributed by atoms with Crippen molar-refractivity contribution >= 4 is 23.4 Å². The van der Waals surface area contributed by atoms with Crippen LogP contribution in [0.2, 0.25) is 5.02 Å². The van der Waals surface area contributed by atoms with Gasteiger partial charge in [-0.2, -0.15) is 13.2 Å². The van der Waals surface area contributed by atoms with Crippen LogP contribution in [0.4, 0.5) is 13.2 Å². The molecule has 1 aromatic heterocycles. The molecular formula is C20H15ClF3NOS. The first kappa shape index (κ1) is 19.6. The van der Waals surface area contributed by atoms with Crippen molar-refractivity contribution in [2.75, 3.05) is 0 Å². The van der Waals surface area contributed by atoms with E-state index in [1.807, 2.05) is 49.4 Å². The molecule has 27 heavy (non-hydrogen) atoms. The van der Waals surface area contributed by atoms with E-state index in [0.717, 1.165) is 22.7 Å². The van der Waals surface area contributed by atoms with E-state index < -0.39 is 11.7 Å². The first-order chi connectivity index (χ1) is 12.8. The molecule has 0 spiro atoms. The molecule has 0 saturated heterocycles. The highest BCUT2D eigenvalue weighted by molar-refractivity contribution is 7.99. The van der Waals surface area contributed by atoms with Gasteiger partial charge in [0.25, 0.3) is 0 Å². The molecule has 1 atom stereocenters. The number of nitrogens with zero attached hydrogens (tertiary/aromatic N) is 1. The molecular weight excluding hydrogens is 395 g/mol. The van der Waals surface area contributed by atoms with Crippen molar-refractivity contribution in [3.8, 4) is 5.75 Å². The summed E-state index contributed by atoms with van der Waals surface area (Å²) in [6.07, 6.45) is -3.78. The second kappa shape index (κ2) is 8.23. The van der Waals surface area contributed by atoms with Gasteiger partial charge in [-0.25, -0.2) is 4.98 Å². The maximum atomic E-state index is 12.7. The predicted octanol–water partition coefficient (Wildman–Crippen LogP) is 7.05. The van der Waals surface area contributed by atoms with Gasteiger partial charge in [-0.1, -0.05) is 53.7 Å². The second-order valence-electron chi connectivity index (χ2n) is 5.75. The fraction of sp³-hybridized carbons (Fsp3) is 0.150. The smallest absolute Gasteiger partial charge is 0.417 e. The van der Waals surface area contributed by atoms with Crippen LogP contribution in [-0.2, 0) is 6.18 Å². The van der Waals surface area contributed by atoms with E-state index in [9.17, 15) is 13.2 Å². The molecule has 0 N–H and O–H groups in total. The quantitative estimate of drug-likeness (QED) is 0.451. The van der Waals surface area contributed by atoms with Gasteiger partial charge < -0.3 is 4.74 Å². The molecule has 7 heteroatoms. The van der Waals surface area contributed by atoms with Gasteiger partial charge in [-0.15, -0.1) is 0 Å². The largest absolute Gasteiger partial charge is 0.486 e. The summed E-state index contributed by atoms with van der Waals surface area (Å²) in [5.41, 5.74) is 0.201. The van der Waals surface area contributed by atoms with E-state index in [-0.39, 0.29) is 11.1 Å². The standard InChI is InChI=1S/C20H15ClF3NOS/c1-13(14-5-3-2-4-6-14)26-16-7-9-17(10-8-16)27-19-18(21)11-15(12-25-19)20(22,23)24/h2-13H,1H3. The molecule has 0 aliphatic rings. The van der Waals surface area contributed by atoms with Crippen molar-refractivity contribution in [1.82, 2.24) is 4.98 Å². The van der Waals surface area contributed by atoms with Crippen LogP contribution in [0.1, 0.15) is 24.2 Å². The van der Waals surface area contributed by atoms with E-state index in [1.165, 1.54) is 11.8 Å². The minimum Gasteiger partial charge on any atom is -0.486 e. The van der Waals surface area contributed by atoms with Gasteiger partial charge in [0.15, 0.2) is 0 Å². The monoisotopic (exact) mass is 409 g/mol. The minimum atomic E-state index is -4.46. The van der Waals surface area contributed by atoms with Crippen molar-refractivity contribution in [3.05, 3.63) is 83.0 Å². The number of pyridine rings is 1. The third kappa shape index (κ3) is 5.17. The number of aromatic nitrogens is 1. The molecule has 0 bridgehead atoms. The molecule has 140 valence electrons. The number of ether oxygens (including phenoxy) is 1. The lowest BCUT2D eigenvalue weighted by Crippen LogP contribution is -2.05. The van der Waals surface area contributed by atoms with E-state index in [0.29, 0.717) is 10.8 Å². The SMILES string of the molecule is CC(Oc1ccc(Sc2ncc(C(F)(F)F)cc2Cl)cc1)c1ccccc1. The average Bonchev–Trinajstić information content (AvgIpc) is 2.65. The van der Waals surface area contributed by atoms with Gasteiger partial charge in [-0.05, 0) is 42.8 Å². The lowest BCUT2D eigenvalue weighted by Gasteiger charge is -2.15. The predicted molar refractivity (Wildman–Crippen MR) is 100 cm³/mol. The molecule has 1 heterocycles. The number of halogens is 4. The molecule has 0 radical (unpaired) electrons. The van der Waals surface area contributed by atoms with Crippen LogP contribution >= 0.6 is 23.4 Å². The summed E-state index contributed by atoms with van der Waals surface area (Å²) in [5.74, 6) is 0.696. The Labute approximate surface area is 164 Å². The highest BCUT2D eigenvalue weighted by atomic mass is 35.5. The first-order valence-electron chi connectivity index (χ1n) is 8.05. The van der Waals surface area contributed by atoms with Gasteiger partial charge in [-0.3, -0.25) is 0 Å². The zero-order valence-electron chi connectivity index (χ0n) is 14.2. The molecule has 0 aliphatic heterocycles. The van der Waals surface area contributed by atoms with E-state index >= 15 is 0 Å². The van der Waals surface area contributed by atoms with E-state index in [2.05, 4.69) is 4.98 Å². The first-order valence-corrected chi connectivity index (χ1v) is 9.24. The number of alkyl halides is 3. The summed E-state index contributed by atoms with van der Waals surface area (Å²) < 4.78 is 43.9. The van der Waals surface area contributed by atoms with Crippen LogP contribution < -0.4 is 4.74 Å². The maximum Gasteiger partial charge on any atom is 0.417 e. The van der Waals surface area contributed by atoms with Crippen LogP contribution in [-0.4, -0.2) is 4.98 Å². The lowest BCUT2D eigenvalue weighted by atomic mass is 10.1. The van der Waals surface area contributed by atoms with Crippen molar-refractivity contribution in [2.24, 2.45) is 0 Å². The molecule has 2 nitrogen and oxygen atoms in total. The Balaban J connectivity index is 1.67. The lowest BCUT2D eigenvalue weighted by molar-refractivity contribution is -0.137. The maximum absolute atomic E-state index is 12.7. The highest BCUT2D eigenvalue weighted by Crippen LogP contribution is 2.36. The van der Waals surface area contributed by atoms with Crippen LogP contribution in [0.3, 0.4) is 0 Å². The van der Waals surface area contributed by atoms with Crippen molar-refractivity contribution in [3.63, 3.8) is 0 Å². The van der Waals surface area contributed by atoms with Crippen LogP contribution in [0.25, 0.3) is 0 Å². The highest BCUT2D eigenvalue weighted by Gasteiger charge is 2.31. The normalized spacial score (nSPS) is 12.6. The zero-order valence-corrected chi connectivity index (χ0v) is 15.8. The fourth-order valence-corrected chi connectivity index (χ4v) is 3.39. The van der Waals surface area contributed by atoms with Crippen LogP contribution in [0.15, 0.2) is 76.8 Å². The topological polar surface area (TPSA) is 22.1 Å². The molecule has 3 rings (SSSR count). The molecule has 0 amide bonds. The summed E-state index contributed by atoms with van der Waals surface area (Å²) in [6.45, 7) is 1.96. The molecule has 0 fully saturated rings. The summed E-state index contributed by atoms with van der Waals surface area (Å²) in [5, 5.41) is 0.281. The average molecular weight is 410 g/mol. The summed E-state index contributed by atoms with van der Waals surface area (Å²) in [7, 11) is 0. The van der Waals surface area contributed by atoms with Crippen molar-refractivity contribution in [2.45, 2.75) is 29.1 Å². The minimum absolute atomic E-state index is 0.0344. The van der Waals surface area contributed by atoms with E-state index in [4.69, 9.17) is 16.3 Å². The molecule has 3 aromatic rings. The summed E-state index contributed by atoms with van der Waals surface area (Å²) in [6, 6.07) is 18.0. The van der Waals surface area contributed by atoms with Crippen molar-refractivity contribution in [1.29, 1.82) is 0 Å². The van der Waals surface area contributed by atoms with E-state index in [1.54, 1.807) is 12.1 Å². The molecule has 1 unspecified atom stereocenters. The van der Waals surface area contributed by atoms with Crippen molar-refractivity contribution < 1.29 is 17.9 Å². The van der Waals surface area contributed by atoms with Gasteiger partial charge in [0.2, 0.25) is 0 Å². The summed E-state index contributed by atoms with van der Waals surface area (Å²) in [4.78, 5) is 4.63. The number of benzene rings is 2. The Kier molecular flexibility index (Phi) is 5.97. The molecule has 2 aromatic carbocycles. The van der Waals surface area contributed by atoms with Crippen LogP contribution in [0.5, 0.6) is 5.75 Å². The molecule has 0 aliphatic carbocycles. The van der Waals surface area contributed by atoms with Gasteiger partial charge >= 0.3 is 6.18 Å². The van der Waals surface area contributed by atoms with Gasteiger partial charge in [0.1, 0.15) is 16.9 Å². The summed E-state index contributed by atoms with van der Waals surface area (Å²) >= 11 is 7.14. The van der Waals surface area contributed by atoms with Crippen LogP contribution in [0, 0.1) is 0 Å². The molecule has 0 saturated carbocycles. The fourth-order valence-electron chi connectivity index (χ4n) is 2.35. The third-order valence-electron chi connectivity index (χ3n) is 3.75. The number of hydrogen-bond acceptors (Lipinski definition) is 3. The number of hydrogen-bond donors (Lipinski definition) is 0.